The molecule has 0 aliphatic heterocycles. The Morgan fingerprint density at radius 2 is 1.94 bits per heavy atom. The van der Waals surface area contributed by atoms with E-state index in [1.807, 2.05) is 12.1 Å². The van der Waals surface area contributed by atoms with Crippen molar-refractivity contribution in [2.24, 2.45) is 5.73 Å². The van der Waals surface area contributed by atoms with E-state index in [4.69, 9.17) is 27.2 Å². The van der Waals surface area contributed by atoms with Crippen LogP contribution in [0.25, 0.3) is 0 Å². The molecule has 17 heavy (non-hydrogen) atoms. The normalized spacial score (nSPS) is 10.5. The molecule has 0 aliphatic carbocycles. The van der Waals surface area contributed by atoms with E-state index in [2.05, 4.69) is 0 Å². The zero-order chi connectivity index (χ0) is 12.5. The number of halogens is 1. The van der Waals surface area contributed by atoms with Crippen molar-refractivity contribution in [3.05, 3.63) is 28.8 Å². The third-order valence-corrected chi connectivity index (χ3v) is 2.79. The lowest BCUT2D eigenvalue weighted by Crippen LogP contribution is -2.04. The summed E-state index contributed by atoms with van der Waals surface area (Å²) in [6.45, 7) is 1.39. The highest BCUT2D eigenvalue weighted by molar-refractivity contribution is 6.30. The molecule has 0 radical (unpaired) electrons. The number of aliphatic hydroxyl groups is 1. The van der Waals surface area contributed by atoms with Crippen molar-refractivity contribution in [2.75, 3.05) is 13.2 Å². The zero-order valence-electron chi connectivity index (χ0n) is 9.99. The van der Waals surface area contributed by atoms with Gasteiger partial charge in [-0.3, -0.25) is 0 Å². The van der Waals surface area contributed by atoms with E-state index in [1.54, 1.807) is 6.07 Å². The summed E-state index contributed by atoms with van der Waals surface area (Å²) in [5.74, 6) is 0.780. The molecular weight excluding hydrogens is 238 g/mol. The van der Waals surface area contributed by atoms with Gasteiger partial charge in [0.15, 0.2) is 0 Å². The second-order valence-electron chi connectivity index (χ2n) is 3.94. The second-order valence-corrected chi connectivity index (χ2v) is 4.38. The third kappa shape index (κ3) is 5.39. The number of aliphatic hydroxyl groups excluding tert-OH is 1. The molecule has 0 spiro atoms. The van der Waals surface area contributed by atoms with E-state index in [1.165, 1.54) is 0 Å². The molecule has 0 amide bonds. The highest BCUT2D eigenvalue weighted by atomic mass is 35.5. The quantitative estimate of drug-likeness (QED) is 0.704. The van der Waals surface area contributed by atoms with Crippen molar-refractivity contribution >= 4 is 11.6 Å². The number of nitrogens with two attached hydrogens (primary N) is 1. The summed E-state index contributed by atoms with van der Waals surface area (Å²) in [5.41, 5.74) is 6.60. The van der Waals surface area contributed by atoms with Crippen LogP contribution in [0.15, 0.2) is 18.2 Å². The predicted octanol–water partition coefficient (Wildman–Crippen LogP) is 2.73. The number of ether oxygens (including phenoxy) is 1. The summed E-state index contributed by atoms with van der Waals surface area (Å²) >= 11 is 5.91. The Balaban J connectivity index is 2.32. The highest BCUT2D eigenvalue weighted by Crippen LogP contribution is 2.23. The van der Waals surface area contributed by atoms with Crippen LogP contribution in [0.1, 0.15) is 31.2 Å². The van der Waals surface area contributed by atoms with Crippen molar-refractivity contribution in [3.8, 4) is 5.75 Å². The van der Waals surface area contributed by atoms with Crippen molar-refractivity contribution in [1.29, 1.82) is 0 Å². The summed E-state index contributed by atoms with van der Waals surface area (Å²) in [5, 5.41) is 9.30. The van der Waals surface area contributed by atoms with Crippen LogP contribution in [-0.2, 0) is 6.54 Å². The first kappa shape index (κ1) is 14.3. The summed E-state index contributed by atoms with van der Waals surface area (Å²) in [6.07, 6.45) is 3.96. The first-order valence-corrected chi connectivity index (χ1v) is 6.38. The Kier molecular flexibility index (Phi) is 7.01. The molecule has 0 aromatic heterocycles. The first-order valence-electron chi connectivity index (χ1n) is 6.00. The average molecular weight is 258 g/mol. The van der Waals surface area contributed by atoms with Gasteiger partial charge < -0.3 is 15.6 Å². The van der Waals surface area contributed by atoms with Crippen LogP contribution >= 0.6 is 11.6 Å². The average Bonchev–Trinajstić information content (AvgIpc) is 2.34. The molecule has 0 bridgehead atoms. The second kappa shape index (κ2) is 8.34. The summed E-state index contributed by atoms with van der Waals surface area (Å²) in [7, 11) is 0. The van der Waals surface area contributed by atoms with Gasteiger partial charge in [0.1, 0.15) is 5.75 Å². The maximum Gasteiger partial charge on any atom is 0.125 e. The Morgan fingerprint density at radius 3 is 2.65 bits per heavy atom. The van der Waals surface area contributed by atoms with Crippen LogP contribution in [-0.4, -0.2) is 18.3 Å². The number of hydrogen-bond acceptors (Lipinski definition) is 3. The molecule has 0 aliphatic rings. The molecule has 96 valence electrons. The van der Waals surface area contributed by atoms with Gasteiger partial charge in [-0.15, -0.1) is 0 Å². The van der Waals surface area contributed by atoms with Crippen molar-refractivity contribution in [2.45, 2.75) is 32.2 Å². The van der Waals surface area contributed by atoms with Crippen LogP contribution in [0.5, 0.6) is 5.75 Å². The van der Waals surface area contributed by atoms with Gasteiger partial charge in [-0.05, 0) is 31.4 Å². The Bertz CT molecular complexity index is 331. The highest BCUT2D eigenvalue weighted by Gasteiger charge is 2.03. The first-order chi connectivity index (χ1) is 8.27. The number of rotatable bonds is 8. The monoisotopic (exact) mass is 257 g/mol. The van der Waals surface area contributed by atoms with Gasteiger partial charge >= 0.3 is 0 Å². The maximum absolute atomic E-state index is 8.64. The fourth-order valence-corrected chi connectivity index (χ4v) is 1.74. The van der Waals surface area contributed by atoms with Gasteiger partial charge in [-0.2, -0.15) is 0 Å². The smallest absolute Gasteiger partial charge is 0.125 e. The zero-order valence-corrected chi connectivity index (χ0v) is 10.7. The molecule has 0 saturated heterocycles. The predicted molar refractivity (Wildman–Crippen MR) is 70.4 cm³/mol. The number of unbranched alkanes of at least 4 members (excludes halogenated alkanes) is 3. The number of hydrogen-bond donors (Lipinski definition) is 2. The molecule has 3 nitrogen and oxygen atoms in total. The maximum atomic E-state index is 8.64. The van der Waals surface area contributed by atoms with Gasteiger partial charge in [0.2, 0.25) is 0 Å². The van der Waals surface area contributed by atoms with Crippen LogP contribution in [0.2, 0.25) is 5.02 Å². The van der Waals surface area contributed by atoms with E-state index in [9.17, 15) is 0 Å². The summed E-state index contributed by atoms with van der Waals surface area (Å²) in [4.78, 5) is 0. The Labute approximate surface area is 108 Å². The molecule has 1 aromatic carbocycles. The molecule has 1 rings (SSSR count). The summed E-state index contributed by atoms with van der Waals surface area (Å²) < 4.78 is 5.66. The van der Waals surface area contributed by atoms with Crippen LogP contribution in [0.3, 0.4) is 0 Å². The van der Waals surface area contributed by atoms with Gasteiger partial charge in [-0.1, -0.05) is 24.1 Å². The molecule has 0 fully saturated rings. The van der Waals surface area contributed by atoms with Gasteiger partial charge in [0.25, 0.3) is 0 Å². The van der Waals surface area contributed by atoms with Crippen molar-refractivity contribution < 1.29 is 9.84 Å². The fourth-order valence-electron chi connectivity index (χ4n) is 1.58. The topological polar surface area (TPSA) is 55.5 Å². The van der Waals surface area contributed by atoms with Crippen LogP contribution in [0.4, 0.5) is 0 Å². The molecule has 1 aromatic rings. The fraction of sp³-hybridized carbons (Fsp3) is 0.538. The van der Waals surface area contributed by atoms with Crippen LogP contribution < -0.4 is 10.5 Å². The van der Waals surface area contributed by atoms with Crippen LogP contribution in [0, 0.1) is 0 Å². The Hall–Kier alpha value is -0.770. The lowest BCUT2D eigenvalue weighted by Gasteiger charge is -2.10. The molecule has 0 saturated carbocycles. The molecule has 3 N–H and O–H groups in total. The largest absolute Gasteiger partial charge is 0.493 e. The minimum atomic E-state index is 0.270. The van der Waals surface area contributed by atoms with Gasteiger partial charge in [-0.25, -0.2) is 0 Å². The van der Waals surface area contributed by atoms with Crippen molar-refractivity contribution in [3.63, 3.8) is 0 Å². The van der Waals surface area contributed by atoms with Gasteiger partial charge in [0, 0.05) is 23.7 Å². The Morgan fingerprint density at radius 1 is 1.18 bits per heavy atom. The SMILES string of the molecule is NCc1ccc(Cl)cc1OCCCCCCO. The standard InChI is InChI=1S/C13H20ClNO2/c14-12-6-5-11(10-15)13(9-12)17-8-4-2-1-3-7-16/h5-6,9,16H,1-4,7-8,10,15H2. The minimum absolute atomic E-state index is 0.270. The third-order valence-electron chi connectivity index (χ3n) is 2.56. The van der Waals surface area contributed by atoms with E-state index >= 15 is 0 Å². The minimum Gasteiger partial charge on any atom is -0.493 e. The van der Waals surface area contributed by atoms with E-state index in [-0.39, 0.29) is 6.61 Å². The lowest BCUT2D eigenvalue weighted by molar-refractivity contribution is 0.273. The van der Waals surface area contributed by atoms with Crippen molar-refractivity contribution in [1.82, 2.24) is 0 Å². The molecular formula is C13H20ClNO2. The van der Waals surface area contributed by atoms with E-state index < -0.39 is 0 Å². The van der Waals surface area contributed by atoms with E-state index in [0.29, 0.717) is 18.2 Å². The summed E-state index contributed by atoms with van der Waals surface area (Å²) in [6, 6.07) is 5.51. The molecule has 4 heteroatoms. The molecule has 0 atom stereocenters. The number of benzene rings is 1. The lowest BCUT2D eigenvalue weighted by atomic mass is 10.2. The van der Waals surface area contributed by atoms with E-state index in [0.717, 1.165) is 37.0 Å². The van der Waals surface area contributed by atoms with Gasteiger partial charge in [0.05, 0.1) is 6.61 Å². The molecule has 0 heterocycles. The molecule has 0 unspecified atom stereocenters.